The third kappa shape index (κ3) is 4.05. The first-order chi connectivity index (χ1) is 14.1. The van der Waals surface area contributed by atoms with Gasteiger partial charge in [0.1, 0.15) is 29.3 Å². The summed E-state index contributed by atoms with van der Waals surface area (Å²) in [5.74, 6) is 0.602. The molecule has 0 spiro atoms. The van der Waals surface area contributed by atoms with Crippen molar-refractivity contribution in [3.05, 3.63) is 46.5 Å². The van der Waals surface area contributed by atoms with Crippen LogP contribution in [0.2, 0.25) is 0 Å². The average Bonchev–Trinajstić information content (AvgIpc) is 2.71. The molecule has 0 fully saturated rings. The first kappa shape index (κ1) is 19.9. The Labute approximate surface area is 169 Å². The van der Waals surface area contributed by atoms with E-state index in [2.05, 4.69) is 27.5 Å². The summed E-state index contributed by atoms with van der Waals surface area (Å²) < 4.78 is 5.80. The molecule has 1 aliphatic rings. The predicted octanol–water partition coefficient (Wildman–Crippen LogP) is 2.38. The lowest BCUT2D eigenvalue weighted by molar-refractivity contribution is 0.117. The van der Waals surface area contributed by atoms with Crippen LogP contribution in [-0.2, 0) is 11.3 Å². The molecule has 9 heteroatoms. The molecule has 1 aromatic heterocycles. The number of aliphatic imine (C=N–C) groups is 1. The van der Waals surface area contributed by atoms with E-state index in [0.29, 0.717) is 24.6 Å². The molecule has 1 atom stereocenters. The number of nitrogens with two attached hydrogens (primary N) is 2. The van der Waals surface area contributed by atoms with Gasteiger partial charge >= 0.3 is 0 Å². The summed E-state index contributed by atoms with van der Waals surface area (Å²) in [6, 6.07) is 9.13. The normalized spacial score (nSPS) is 14.7. The number of fused-ring (bicyclic) bond motifs is 1. The maximum absolute atomic E-state index is 9.43. The molecule has 0 aliphatic carbocycles. The average molecular weight is 390 g/mol. The van der Waals surface area contributed by atoms with Crippen molar-refractivity contribution in [3.63, 3.8) is 0 Å². The first-order valence-electron chi connectivity index (χ1n) is 9.25. The summed E-state index contributed by atoms with van der Waals surface area (Å²) in [4.78, 5) is 8.87. The number of nitrogens with zero attached hydrogens (tertiary/aromatic N) is 4. The molecule has 0 radical (unpaired) electrons. The van der Waals surface area contributed by atoms with Crippen LogP contribution in [0, 0.1) is 22.8 Å². The molecule has 1 aliphatic heterocycles. The SMILES string of the molecule is CCCCOCc1ccccc1C1N=C(NC#N)Nc2nc(N)c(C#N)c(N)c21. The summed E-state index contributed by atoms with van der Waals surface area (Å²) in [6.45, 7) is 3.19. The van der Waals surface area contributed by atoms with E-state index in [1.807, 2.05) is 36.5 Å². The molecule has 0 saturated heterocycles. The maximum atomic E-state index is 9.43. The van der Waals surface area contributed by atoms with Gasteiger partial charge in [-0.3, -0.25) is 5.32 Å². The third-order valence-corrected chi connectivity index (χ3v) is 4.61. The molecule has 0 amide bonds. The minimum absolute atomic E-state index is 0.0180. The van der Waals surface area contributed by atoms with Gasteiger partial charge in [-0.15, -0.1) is 0 Å². The first-order valence-corrected chi connectivity index (χ1v) is 9.25. The zero-order valence-corrected chi connectivity index (χ0v) is 16.1. The minimum Gasteiger partial charge on any atom is -0.397 e. The number of nitrogen functional groups attached to an aromatic ring is 2. The van der Waals surface area contributed by atoms with Crippen LogP contribution >= 0.6 is 0 Å². The van der Waals surface area contributed by atoms with Gasteiger partial charge in [-0.05, 0) is 17.5 Å². The predicted molar refractivity (Wildman–Crippen MR) is 110 cm³/mol. The standard InChI is InChI=1S/C20H22N8O/c1-2-3-8-29-10-12-6-4-5-7-13(12)17-15-16(23)14(9-21)18(24)27-19(15)28-20(26-17)25-11-22/h4-7,17H,2-3,8,10H2,1H3,(H6,23,24,25,26,27,28). The maximum Gasteiger partial charge on any atom is 0.211 e. The van der Waals surface area contributed by atoms with Crippen molar-refractivity contribution in [2.75, 3.05) is 23.4 Å². The number of benzene rings is 1. The molecule has 1 unspecified atom stereocenters. The molecule has 3 rings (SSSR count). The van der Waals surface area contributed by atoms with E-state index < -0.39 is 6.04 Å². The quantitative estimate of drug-likeness (QED) is 0.332. The molecular formula is C20H22N8O. The summed E-state index contributed by atoms with van der Waals surface area (Å²) in [5.41, 5.74) is 14.8. The van der Waals surface area contributed by atoms with Crippen LogP contribution in [0.4, 0.5) is 17.3 Å². The topological polar surface area (TPSA) is 158 Å². The minimum atomic E-state index is -0.576. The molecule has 6 N–H and O–H groups in total. The molecule has 2 heterocycles. The molecular weight excluding hydrogens is 368 g/mol. The number of hydrogen-bond acceptors (Lipinski definition) is 9. The number of nitriles is 2. The Morgan fingerprint density at radius 2 is 2.07 bits per heavy atom. The van der Waals surface area contributed by atoms with Gasteiger partial charge in [-0.2, -0.15) is 10.5 Å². The highest BCUT2D eigenvalue weighted by Gasteiger charge is 2.30. The fraction of sp³-hybridized carbons (Fsp3) is 0.300. The van der Waals surface area contributed by atoms with Crippen molar-refractivity contribution < 1.29 is 4.74 Å². The van der Waals surface area contributed by atoms with Gasteiger partial charge in [-0.25, -0.2) is 9.98 Å². The zero-order valence-electron chi connectivity index (χ0n) is 16.1. The Morgan fingerprint density at radius 3 is 2.79 bits per heavy atom. The Kier molecular flexibility index (Phi) is 6.12. The lowest BCUT2D eigenvalue weighted by atomic mass is 9.92. The van der Waals surface area contributed by atoms with Crippen LogP contribution in [-0.4, -0.2) is 17.6 Å². The number of nitrogens with one attached hydrogen (secondary N) is 2. The van der Waals surface area contributed by atoms with E-state index in [1.54, 1.807) is 0 Å². The fourth-order valence-electron chi connectivity index (χ4n) is 3.17. The van der Waals surface area contributed by atoms with Crippen LogP contribution in [0.25, 0.3) is 0 Å². The summed E-state index contributed by atoms with van der Waals surface area (Å²) in [7, 11) is 0. The van der Waals surface area contributed by atoms with E-state index in [4.69, 9.17) is 21.5 Å². The van der Waals surface area contributed by atoms with Gasteiger partial charge in [0.05, 0.1) is 12.3 Å². The number of ether oxygens (including phenoxy) is 1. The van der Waals surface area contributed by atoms with Gasteiger partial charge in [0.25, 0.3) is 0 Å². The van der Waals surface area contributed by atoms with Gasteiger partial charge < -0.3 is 21.5 Å². The van der Waals surface area contributed by atoms with Gasteiger partial charge in [0.2, 0.25) is 5.96 Å². The van der Waals surface area contributed by atoms with Crippen molar-refractivity contribution in [2.45, 2.75) is 32.4 Å². The van der Waals surface area contributed by atoms with Gasteiger partial charge in [0.15, 0.2) is 6.19 Å². The highest BCUT2D eigenvalue weighted by Crippen LogP contribution is 2.41. The van der Waals surface area contributed by atoms with Crippen molar-refractivity contribution in [3.8, 4) is 12.3 Å². The Balaban J connectivity index is 2.10. The highest BCUT2D eigenvalue weighted by atomic mass is 16.5. The molecule has 0 saturated carbocycles. The van der Waals surface area contributed by atoms with Crippen LogP contribution in [0.15, 0.2) is 29.3 Å². The second-order valence-corrected chi connectivity index (χ2v) is 6.51. The van der Waals surface area contributed by atoms with Crippen molar-refractivity contribution in [1.82, 2.24) is 10.3 Å². The molecule has 2 aromatic rings. The zero-order chi connectivity index (χ0) is 20.8. The largest absolute Gasteiger partial charge is 0.397 e. The summed E-state index contributed by atoms with van der Waals surface area (Å²) in [6.07, 6.45) is 3.88. The summed E-state index contributed by atoms with van der Waals surface area (Å²) in [5, 5.41) is 23.9. The molecule has 29 heavy (non-hydrogen) atoms. The van der Waals surface area contributed by atoms with Crippen LogP contribution in [0.3, 0.4) is 0 Å². The molecule has 0 bridgehead atoms. The van der Waals surface area contributed by atoms with Crippen molar-refractivity contribution >= 4 is 23.3 Å². The Hall–Kier alpha value is -3.82. The third-order valence-electron chi connectivity index (χ3n) is 4.61. The van der Waals surface area contributed by atoms with E-state index >= 15 is 0 Å². The van der Waals surface area contributed by atoms with Gasteiger partial charge in [-0.1, -0.05) is 37.6 Å². The van der Waals surface area contributed by atoms with Crippen LogP contribution < -0.4 is 22.1 Å². The summed E-state index contributed by atoms with van der Waals surface area (Å²) >= 11 is 0. The number of aromatic nitrogens is 1. The van der Waals surface area contributed by atoms with Crippen LogP contribution in [0.5, 0.6) is 0 Å². The highest BCUT2D eigenvalue weighted by molar-refractivity contribution is 5.98. The number of pyridine rings is 1. The van der Waals surface area contributed by atoms with Gasteiger partial charge in [0, 0.05) is 12.2 Å². The second kappa shape index (κ2) is 8.91. The number of anilines is 3. The van der Waals surface area contributed by atoms with E-state index in [0.717, 1.165) is 24.0 Å². The Morgan fingerprint density at radius 1 is 1.28 bits per heavy atom. The van der Waals surface area contributed by atoms with E-state index in [-0.39, 0.29) is 23.0 Å². The van der Waals surface area contributed by atoms with E-state index in [1.165, 1.54) is 0 Å². The fourth-order valence-corrected chi connectivity index (χ4v) is 3.17. The Bertz CT molecular complexity index is 1020. The molecule has 1 aromatic carbocycles. The number of guanidine groups is 1. The monoisotopic (exact) mass is 390 g/mol. The van der Waals surface area contributed by atoms with E-state index in [9.17, 15) is 5.26 Å². The van der Waals surface area contributed by atoms with Crippen LogP contribution in [0.1, 0.15) is 48.1 Å². The van der Waals surface area contributed by atoms with Crippen molar-refractivity contribution in [2.24, 2.45) is 4.99 Å². The smallest absolute Gasteiger partial charge is 0.211 e. The second-order valence-electron chi connectivity index (χ2n) is 6.51. The molecule has 148 valence electrons. The lowest BCUT2D eigenvalue weighted by Crippen LogP contribution is -2.33. The number of unbranched alkanes of at least 4 members (excludes halogenated alkanes) is 1. The number of rotatable bonds is 6. The lowest BCUT2D eigenvalue weighted by Gasteiger charge is -2.27. The van der Waals surface area contributed by atoms with Crippen molar-refractivity contribution in [1.29, 1.82) is 10.5 Å². The number of hydrogen-bond donors (Lipinski definition) is 4. The molecule has 9 nitrogen and oxygen atoms in total.